The van der Waals surface area contributed by atoms with Crippen molar-refractivity contribution in [1.29, 1.82) is 0 Å². The second-order valence-electron chi connectivity index (χ2n) is 17.0. The van der Waals surface area contributed by atoms with Crippen LogP contribution in [0.25, 0.3) is 0 Å². The second-order valence-corrected chi connectivity index (χ2v) is 18.4. The zero-order valence-electron chi connectivity index (χ0n) is 38.6. The van der Waals surface area contributed by atoms with Crippen LogP contribution in [0, 0.1) is 0 Å². The Bertz CT molecular complexity index is 1070. The number of phosphoric ester groups is 1. The van der Waals surface area contributed by atoms with Crippen LogP contribution < -0.4 is 5.73 Å². The third-order valence-corrected chi connectivity index (χ3v) is 12.0. The molecule has 0 bridgehead atoms. The molecule has 0 rings (SSSR count). The van der Waals surface area contributed by atoms with Crippen LogP contribution in [-0.2, 0) is 37.5 Å². The summed E-state index contributed by atoms with van der Waals surface area (Å²) >= 11 is 0. The van der Waals surface area contributed by atoms with Gasteiger partial charge < -0.3 is 25.2 Å². The Morgan fingerprint density at radius 1 is 0.500 bits per heavy atom. The standard InChI is InChI=1S/C48H92NO10P/c1-3-5-7-9-11-13-15-17-19-20-21-22-23-24-26-28-30-32-34-36-38-40-47(51)59-44(42-57-60(54,55)58-43-45(49)48(52)53)41-56-46(50)39-37-35-33-31-29-27-25-18-16-14-12-10-8-6-4-2/h20-21,44-45H,3-19,22-43,49H2,1-2H3,(H,52,53)(H,54,55)/b21-20-. The second kappa shape index (κ2) is 43.9. The Morgan fingerprint density at radius 2 is 0.833 bits per heavy atom. The van der Waals surface area contributed by atoms with Crippen LogP contribution in [0.3, 0.4) is 0 Å². The van der Waals surface area contributed by atoms with Gasteiger partial charge in [0, 0.05) is 12.8 Å². The molecule has 0 aliphatic rings. The third kappa shape index (κ3) is 42.9. The van der Waals surface area contributed by atoms with Crippen LogP contribution >= 0.6 is 7.82 Å². The zero-order chi connectivity index (χ0) is 44.2. The van der Waals surface area contributed by atoms with Crippen molar-refractivity contribution in [3.8, 4) is 0 Å². The smallest absolute Gasteiger partial charge is 0.472 e. The lowest BCUT2D eigenvalue weighted by Crippen LogP contribution is -2.34. The first-order valence-corrected chi connectivity index (χ1v) is 26.2. The van der Waals surface area contributed by atoms with E-state index in [9.17, 15) is 23.8 Å². The Balaban J connectivity index is 4.23. The Kier molecular flexibility index (Phi) is 42.6. The van der Waals surface area contributed by atoms with Crippen molar-refractivity contribution in [1.82, 2.24) is 0 Å². The number of allylic oxidation sites excluding steroid dienone is 2. The van der Waals surface area contributed by atoms with E-state index in [1.54, 1.807) is 0 Å². The molecule has 0 radical (unpaired) electrons. The van der Waals surface area contributed by atoms with Gasteiger partial charge in [0.15, 0.2) is 6.10 Å². The van der Waals surface area contributed by atoms with Gasteiger partial charge in [-0.1, -0.05) is 206 Å². The van der Waals surface area contributed by atoms with E-state index in [2.05, 4.69) is 30.5 Å². The van der Waals surface area contributed by atoms with Crippen molar-refractivity contribution in [2.45, 2.75) is 257 Å². The topological polar surface area (TPSA) is 172 Å². The highest BCUT2D eigenvalue weighted by Crippen LogP contribution is 2.43. The minimum atomic E-state index is -4.71. The molecule has 3 atom stereocenters. The summed E-state index contributed by atoms with van der Waals surface area (Å²) in [7, 11) is -4.71. The van der Waals surface area contributed by atoms with Gasteiger partial charge in [-0.2, -0.15) is 0 Å². The summed E-state index contributed by atoms with van der Waals surface area (Å²) in [5.41, 5.74) is 5.35. The molecule has 3 unspecified atom stereocenters. The number of esters is 2. The molecule has 0 aromatic heterocycles. The van der Waals surface area contributed by atoms with Crippen molar-refractivity contribution in [2.75, 3.05) is 19.8 Å². The van der Waals surface area contributed by atoms with Gasteiger partial charge in [0.25, 0.3) is 0 Å². The maximum absolute atomic E-state index is 12.7. The summed E-state index contributed by atoms with van der Waals surface area (Å²) in [6, 6.07) is -1.52. The molecule has 0 aliphatic heterocycles. The van der Waals surface area contributed by atoms with Gasteiger partial charge >= 0.3 is 25.7 Å². The lowest BCUT2D eigenvalue weighted by molar-refractivity contribution is -0.161. The van der Waals surface area contributed by atoms with Crippen molar-refractivity contribution in [3.63, 3.8) is 0 Å². The van der Waals surface area contributed by atoms with E-state index in [0.29, 0.717) is 12.8 Å². The van der Waals surface area contributed by atoms with Crippen LogP contribution in [-0.4, -0.2) is 59.9 Å². The molecule has 0 fully saturated rings. The Hall–Kier alpha value is -1.78. The fourth-order valence-electron chi connectivity index (χ4n) is 7.12. The molecule has 0 saturated carbocycles. The normalized spacial score (nSPS) is 13.7. The number of rotatable bonds is 47. The summed E-state index contributed by atoms with van der Waals surface area (Å²) in [6.07, 6.45) is 45.6. The molecule has 60 heavy (non-hydrogen) atoms. The first kappa shape index (κ1) is 58.2. The van der Waals surface area contributed by atoms with E-state index in [0.717, 1.165) is 38.5 Å². The van der Waals surface area contributed by atoms with E-state index < -0.39 is 51.1 Å². The highest BCUT2D eigenvalue weighted by Gasteiger charge is 2.28. The number of unbranched alkanes of at least 4 members (excludes halogenated alkanes) is 31. The number of ether oxygens (including phenoxy) is 2. The number of aliphatic carboxylic acids is 1. The molecule has 12 heteroatoms. The number of carbonyl (C=O) groups is 3. The number of phosphoric acid groups is 1. The molecular weight excluding hydrogens is 781 g/mol. The van der Waals surface area contributed by atoms with Gasteiger partial charge in [-0.15, -0.1) is 0 Å². The summed E-state index contributed by atoms with van der Waals surface area (Å²) in [6.45, 7) is 2.84. The SMILES string of the molecule is CCCCCCCCCC/C=C\CCCCCCCCCCCC(=O)OC(COC(=O)CCCCCCCCCCCCCCCCC)COP(=O)(O)OCC(N)C(=O)O. The maximum Gasteiger partial charge on any atom is 0.472 e. The van der Waals surface area contributed by atoms with Crippen molar-refractivity contribution >= 4 is 25.7 Å². The number of carboxylic acid groups (broad SMARTS) is 1. The average Bonchev–Trinajstić information content (AvgIpc) is 3.22. The number of hydrogen-bond acceptors (Lipinski definition) is 9. The molecule has 11 nitrogen and oxygen atoms in total. The van der Waals surface area contributed by atoms with Crippen LogP contribution in [0.4, 0.5) is 0 Å². The third-order valence-electron chi connectivity index (χ3n) is 11.0. The summed E-state index contributed by atoms with van der Waals surface area (Å²) in [5.74, 6) is -2.36. The molecule has 0 aromatic carbocycles. The first-order chi connectivity index (χ1) is 29.1. The van der Waals surface area contributed by atoms with E-state index >= 15 is 0 Å². The molecule has 0 saturated heterocycles. The molecule has 4 N–H and O–H groups in total. The van der Waals surface area contributed by atoms with E-state index in [1.165, 1.54) is 167 Å². The molecule has 0 aliphatic carbocycles. The predicted molar refractivity (Wildman–Crippen MR) is 245 cm³/mol. The lowest BCUT2D eigenvalue weighted by Gasteiger charge is -2.20. The summed E-state index contributed by atoms with van der Waals surface area (Å²) < 4.78 is 32.8. The average molecular weight is 874 g/mol. The molecule has 0 heterocycles. The van der Waals surface area contributed by atoms with E-state index in [1.807, 2.05) is 0 Å². The van der Waals surface area contributed by atoms with Gasteiger partial charge in [-0.25, -0.2) is 4.57 Å². The minimum absolute atomic E-state index is 0.164. The fourth-order valence-corrected chi connectivity index (χ4v) is 7.90. The predicted octanol–water partition coefficient (Wildman–Crippen LogP) is 13.6. The summed E-state index contributed by atoms with van der Waals surface area (Å²) in [4.78, 5) is 46.1. The van der Waals surface area contributed by atoms with Crippen molar-refractivity contribution in [2.24, 2.45) is 5.73 Å². The van der Waals surface area contributed by atoms with Gasteiger partial charge in [0.2, 0.25) is 0 Å². The van der Waals surface area contributed by atoms with Crippen LogP contribution in [0.15, 0.2) is 12.2 Å². The Labute approximate surface area is 367 Å². The maximum atomic E-state index is 12.7. The molecule has 354 valence electrons. The fraction of sp³-hybridized carbons (Fsp3) is 0.896. The first-order valence-electron chi connectivity index (χ1n) is 24.7. The van der Waals surface area contributed by atoms with E-state index in [4.69, 9.17) is 24.8 Å². The number of carbonyl (C=O) groups excluding carboxylic acids is 2. The monoisotopic (exact) mass is 874 g/mol. The minimum Gasteiger partial charge on any atom is -0.480 e. The lowest BCUT2D eigenvalue weighted by atomic mass is 10.0. The highest BCUT2D eigenvalue weighted by atomic mass is 31.2. The summed E-state index contributed by atoms with van der Waals surface area (Å²) in [5, 5.41) is 8.91. The quantitative estimate of drug-likeness (QED) is 0.0230. The molecule has 0 aromatic rings. The number of nitrogens with two attached hydrogens (primary N) is 1. The van der Waals surface area contributed by atoms with Crippen LogP contribution in [0.5, 0.6) is 0 Å². The largest absolute Gasteiger partial charge is 0.480 e. The van der Waals surface area contributed by atoms with E-state index in [-0.39, 0.29) is 19.4 Å². The highest BCUT2D eigenvalue weighted by molar-refractivity contribution is 7.47. The van der Waals surface area contributed by atoms with Crippen LogP contribution in [0.2, 0.25) is 0 Å². The zero-order valence-corrected chi connectivity index (χ0v) is 39.5. The molecule has 0 amide bonds. The van der Waals surface area contributed by atoms with Crippen molar-refractivity contribution < 1.29 is 47.5 Å². The van der Waals surface area contributed by atoms with Gasteiger partial charge in [0.1, 0.15) is 12.6 Å². The number of carboxylic acids is 1. The van der Waals surface area contributed by atoms with Gasteiger partial charge in [0.05, 0.1) is 13.2 Å². The number of hydrogen-bond donors (Lipinski definition) is 3. The van der Waals surface area contributed by atoms with Crippen molar-refractivity contribution in [3.05, 3.63) is 12.2 Å². The van der Waals surface area contributed by atoms with Gasteiger partial charge in [-0.3, -0.25) is 23.4 Å². The molecule has 0 spiro atoms. The Morgan fingerprint density at radius 3 is 1.22 bits per heavy atom. The van der Waals surface area contributed by atoms with Crippen LogP contribution in [0.1, 0.15) is 245 Å². The van der Waals surface area contributed by atoms with Gasteiger partial charge in [-0.05, 0) is 38.5 Å². The molecular formula is C48H92NO10P.